The van der Waals surface area contributed by atoms with Gasteiger partial charge in [-0.2, -0.15) is 5.06 Å². The van der Waals surface area contributed by atoms with Gasteiger partial charge in [0.25, 0.3) is 5.56 Å². The number of rotatable bonds is 7. The number of hydrogen-bond acceptors (Lipinski definition) is 7. The number of fused-ring (bicyclic) bond motifs is 3. The van der Waals surface area contributed by atoms with Crippen molar-refractivity contribution in [2.24, 2.45) is 28.2 Å². The molecule has 8 rings (SSSR count). The van der Waals surface area contributed by atoms with Crippen LogP contribution in [0, 0.1) is 29.0 Å². The number of hydrogen-bond donors (Lipinski definition) is 2. The summed E-state index contributed by atoms with van der Waals surface area (Å²) in [5, 5.41) is 16.0. The molecule has 0 spiro atoms. The molecule has 11 heteroatoms. The van der Waals surface area contributed by atoms with Crippen molar-refractivity contribution >= 4 is 22.5 Å². The zero-order valence-corrected chi connectivity index (χ0v) is 28.9. The molecule has 2 aromatic heterocycles. The molecule has 49 heavy (non-hydrogen) atoms. The van der Waals surface area contributed by atoms with Gasteiger partial charge >= 0.3 is 0 Å². The number of halogens is 1. The fraction of sp³-hybridized carbons (Fsp3) is 0.474. The normalized spacial score (nSPS) is 25.2. The number of hydroxylamine groups is 2. The van der Waals surface area contributed by atoms with E-state index in [9.17, 15) is 14.4 Å². The number of aromatic nitrogens is 3. The van der Waals surface area contributed by atoms with Crippen molar-refractivity contribution in [1.29, 1.82) is 0 Å². The fourth-order valence-electron chi connectivity index (χ4n) is 8.26. The summed E-state index contributed by atoms with van der Waals surface area (Å²) in [7, 11) is 1.50. The topological polar surface area (TPSA) is 108 Å². The summed E-state index contributed by atoms with van der Waals surface area (Å²) in [4.78, 5) is 30.7. The van der Waals surface area contributed by atoms with Crippen LogP contribution in [0.4, 0.5) is 10.1 Å². The highest BCUT2D eigenvalue weighted by Crippen LogP contribution is 2.61. The Hall–Kier alpha value is -4.35. The first-order chi connectivity index (χ1) is 23.5. The third-order valence-corrected chi connectivity index (χ3v) is 11.5. The summed E-state index contributed by atoms with van der Waals surface area (Å²) in [6.45, 7) is 11.2. The maximum atomic E-state index is 14.8. The van der Waals surface area contributed by atoms with Gasteiger partial charge in [-0.15, -0.1) is 0 Å². The number of aliphatic imine (C=N–C) groups is 1. The van der Waals surface area contributed by atoms with Crippen LogP contribution in [-0.2, 0) is 13.0 Å². The number of ether oxygens (including phenoxy) is 1. The Morgan fingerprint density at radius 3 is 2.67 bits per heavy atom. The molecule has 258 valence electrons. The standard InChI is InChI=1S/C38H46FN7O3/c1-23-22-44(15-16-46(23)48)37(43-33-18-27-17-31(24(33)2)38(27,3)4)41-28-9-11-30-34(19-28)42-35(26-7-6-13-40-21-26)45(36(30)47)14-12-25-8-10-29(49-5)20-32(25)39/h6-11,13,19-21,23-24,27,31,33,48H,12,14-18,22H2,1-5H3,(H,41,43)/t23-,24+,27-,31-,33-/m0/s1. The summed E-state index contributed by atoms with van der Waals surface area (Å²) in [6, 6.07) is 14.2. The van der Waals surface area contributed by atoms with Crippen LogP contribution >= 0.6 is 0 Å². The monoisotopic (exact) mass is 667 g/mol. The molecule has 3 heterocycles. The molecule has 0 amide bonds. The Bertz CT molecular complexity index is 1930. The Morgan fingerprint density at radius 2 is 1.98 bits per heavy atom. The van der Waals surface area contributed by atoms with Crippen molar-refractivity contribution in [3.63, 3.8) is 0 Å². The van der Waals surface area contributed by atoms with Crippen LogP contribution in [0.5, 0.6) is 5.75 Å². The molecular formula is C38H46FN7O3. The highest BCUT2D eigenvalue weighted by atomic mass is 19.1. The van der Waals surface area contributed by atoms with Crippen molar-refractivity contribution in [3.8, 4) is 17.1 Å². The molecule has 1 saturated heterocycles. The smallest absolute Gasteiger partial charge is 0.261 e. The van der Waals surface area contributed by atoms with Gasteiger partial charge in [0, 0.05) is 62.3 Å². The van der Waals surface area contributed by atoms with Crippen LogP contribution in [0.3, 0.4) is 0 Å². The van der Waals surface area contributed by atoms with E-state index in [0.29, 0.717) is 94.6 Å². The number of nitrogens with zero attached hydrogens (tertiary/aromatic N) is 6. The quantitative estimate of drug-likeness (QED) is 0.186. The van der Waals surface area contributed by atoms with Crippen LogP contribution in [0.1, 0.15) is 46.1 Å². The maximum Gasteiger partial charge on any atom is 0.261 e. The average Bonchev–Trinajstić information content (AvgIpc) is 3.10. The van der Waals surface area contributed by atoms with Crippen molar-refractivity contribution < 1.29 is 14.3 Å². The lowest BCUT2D eigenvalue weighted by molar-refractivity contribution is -0.143. The predicted octanol–water partition coefficient (Wildman–Crippen LogP) is 5.89. The van der Waals surface area contributed by atoms with E-state index in [2.05, 4.69) is 36.0 Å². The van der Waals surface area contributed by atoms with Crippen LogP contribution < -0.4 is 15.6 Å². The second-order valence-corrected chi connectivity index (χ2v) is 14.6. The molecule has 10 nitrogen and oxygen atoms in total. The van der Waals surface area contributed by atoms with Crippen LogP contribution in [0.2, 0.25) is 0 Å². The Kier molecular flexibility index (Phi) is 8.91. The number of nitrogens with one attached hydrogen (secondary N) is 1. The van der Waals surface area contributed by atoms with E-state index in [0.717, 1.165) is 12.4 Å². The lowest BCUT2D eigenvalue weighted by Crippen LogP contribution is -2.63. The Labute approximate surface area is 286 Å². The van der Waals surface area contributed by atoms with Gasteiger partial charge in [0.15, 0.2) is 5.96 Å². The van der Waals surface area contributed by atoms with Gasteiger partial charge in [0.1, 0.15) is 17.4 Å². The van der Waals surface area contributed by atoms with Gasteiger partial charge in [-0.25, -0.2) is 14.4 Å². The van der Waals surface area contributed by atoms with Gasteiger partial charge in [-0.3, -0.25) is 14.3 Å². The minimum absolute atomic E-state index is 0.0398. The molecule has 4 aliphatic rings. The van der Waals surface area contributed by atoms with E-state index in [1.54, 1.807) is 35.2 Å². The van der Waals surface area contributed by atoms with Crippen LogP contribution in [0.15, 0.2) is 70.7 Å². The molecule has 5 atom stereocenters. The summed E-state index contributed by atoms with van der Waals surface area (Å²) >= 11 is 0. The summed E-state index contributed by atoms with van der Waals surface area (Å²) in [5.74, 6) is 3.19. The van der Waals surface area contributed by atoms with Crippen LogP contribution in [0.25, 0.3) is 22.3 Å². The summed E-state index contributed by atoms with van der Waals surface area (Å²) < 4.78 is 21.6. The van der Waals surface area contributed by atoms with E-state index in [4.69, 9.17) is 14.7 Å². The maximum absolute atomic E-state index is 14.8. The zero-order chi connectivity index (χ0) is 34.4. The van der Waals surface area contributed by atoms with E-state index >= 15 is 0 Å². The molecule has 0 radical (unpaired) electrons. The molecule has 4 aromatic rings. The van der Waals surface area contributed by atoms with Crippen molar-refractivity contribution in [1.82, 2.24) is 29.8 Å². The van der Waals surface area contributed by atoms with Crippen molar-refractivity contribution in [2.45, 2.75) is 65.6 Å². The highest BCUT2D eigenvalue weighted by Gasteiger charge is 2.56. The predicted molar refractivity (Wildman–Crippen MR) is 189 cm³/mol. The molecule has 2 N–H and O–H groups in total. The number of piperazine rings is 1. The molecule has 3 saturated carbocycles. The van der Waals surface area contributed by atoms with Gasteiger partial charge < -0.3 is 20.2 Å². The first-order valence-corrected chi connectivity index (χ1v) is 17.4. The number of guanidine groups is 1. The third kappa shape index (κ3) is 6.30. The second kappa shape index (κ2) is 13.2. The van der Waals surface area contributed by atoms with Crippen LogP contribution in [-0.4, -0.2) is 74.5 Å². The molecule has 2 aromatic carbocycles. The second-order valence-electron chi connectivity index (χ2n) is 14.6. The van der Waals surface area contributed by atoms with Crippen molar-refractivity contribution in [2.75, 3.05) is 26.7 Å². The van der Waals surface area contributed by atoms with Crippen molar-refractivity contribution in [3.05, 3.63) is 82.7 Å². The molecule has 4 fully saturated rings. The Balaban J connectivity index is 1.25. The van der Waals surface area contributed by atoms with Gasteiger partial charge in [-0.05, 0) is 91.3 Å². The highest BCUT2D eigenvalue weighted by molar-refractivity contribution is 5.87. The number of methoxy groups -OCH3 is 1. The molecule has 0 unspecified atom stereocenters. The summed E-state index contributed by atoms with van der Waals surface area (Å²) in [6.07, 6.45) is 6.05. The molecular weight excluding hydrogens is 621 g/mol. The first kappa shape index (κ1) is 33.2. The lowest BCUT2D eigenvalue weighted by atomic mass is 9.45. The molecule has 1 aliphatic heterocycles. The van der Waals surface area contributed by atoms with Gasteiger partial charge in [-0.1, -0.05) is 26.8 Å². The van der Waals surface area contributed by atoms with Gasteiger partial charge in [0.05, 0.1) is 23.7 Å². The Morgan fingerprint density at radius 1 is 1.14 bits per heavy atom. The number of aryl methyl sites for hydroxylation is 1. The fourth-order valence-corrected chi connectivity index (χ4v) is 8.26. The van der Waals surface area contributed by atoms with E-state index in [-0.39, 0.29) is 24.0 Å². The summed E-state index contributed by atoms with van der Waals surface area (Å²) in [5.41, 5.74) is 2.55. The van der Waals surface area contributed by atoms with Gasteiger partial charge in [0.2, 0.25) is 0 Å². The minimum Gasteiger partial charge on any atom is -0.497 e. The van der Waals surface area contributed by atoms with E-state index in [1.807, 2.05) is 31.2 Å². The average molecular weight is 668 g/mol. The molecule has 2 bridgehead atoms. The largest absolute Gasteiger partial charge is 0.497 e. The SMILES string of the molecule is COc1ccc(CCn2c(-c3cccnc3)nc3cc(N=C(N[C@H]4C[C@@H]5C[C@@H]([C@H]4C)C5(C)C)N4CCN(O)[C@@H](C)C4)ccc3c2=O)c(F)c1. The first-order valence-electron chi connectivity index (χ1n) is 17.4. The zero-order valence-electron chi connectivity index (χ0n) is 28.9. The lowest BCUT2D eigenvalue weighted by Gasteiger charge is -2.62. The van der Waals surface area contributed by atoms with E-state index in [1.165, 1.54) is 24.7 Å². The van der Waals surface area contributed by atoms with E-state index < -0.39 is 0 Å². The minimum atomic E-state index is -0.380. The third-order valence-electron chi connectivity index (χ3n) is 11.5. The number of pyridine rings is 1. The molecule has 3 aliphatic carbocycles. The number of benzene rings is 2.